The smallest absolute Gasteiger partial charge is 0.314 e. The van der Waals surface area contributed by atoms with E-state index in [2.05, 4.69) is 15.9 Å². The van der Waals surface area contributed by atoms with E-state index in [9.17, 15) is 13.2 Å². The van der Waals surface area contributed by atoms with Crippen molar-refractivity contribution in [2.75, 3.05) is 5.75 Å². The van der Waals surface area contributed by atoms with Crippen molar-refractivity contribution in [2.24, 2.45) is 0 Å². The number of carbonyl (C=O) groups excluding carboxylic acids is 1. The number of halogens is 1. The third kappa shape index (κ3) is 3.03. The number of nitrogens with zero attached hydrogens (tertiary/aromatic N) is 2. The number of hydrogen-bond acceptors (Lipinski definition) is 3. The summed E-state index contributed by atoms with van der Waals surface area (Å²) in [6.45, 7) is 0.825. The van der Waals surface area contributed by atoms with Crippen molar-refractivity contribution in [1.29, 1.82) is 0 Å². The highest BCUT2D eigenvalue weighted by Gasteiger charge is 2.58. The summed E-state index contributed by atoms with van der Waals surface area (Å²) >= 11 is 3.35. The van der Waals surface area contributed by atoms with Crippen LogP contribution < -0.4 is 0 Å². The molecule has 2 heterocycles. The van der Waals surface area contributed by atoms with Crippen LogP contribution in [0.5, 0.6) is 0 Å². The second-order valence-electron chi connectivity index (χ2n) is 6.75. The molecule has 3 atom stereocenters. The second-order valence-corrected chi connectivity index (χ2v) is 10.5. The molecular weight excluding hydrogens is 416 g/mol. The van der Waals surface area contributed by atoms with E-state index in [0.717, 1.165) is 11.1 Å². The molecule has 2 saturated heterocycles. The Balaban J connectivity index is 1.67. The fraction of sp³-hybridized carbons (Fsp3) is 0.316. The van der Waals surface area contributed by atoms with E-state index < -0.39 is 14.0 Å². The molecule has 0 N–H and O–H groups in total. The van der Waals surface area contributed by atoms with Gasteiger partial charge >= 0.3 is 6.03 Å². The number of carbonyl (C=O) groups is 1. The van der Waals surface area contributed by atoms with Gasteiger partial charge in [0, 0.05) is 13.1 Å². The predicted molar refractivity (Wildman–Crippen MR) is 103 cm³/mol. The lowest BCUT2D eigenvalue weighted by Gasteiger charge is -2.24. The van der Waals surface area contributed by atoms with E-state index >= 15 is 0 Å². The van der Waals surface area contributed by atoms with Gasteiger partial charge in [-0.2, -0.15) is 0 Å². The Morgan fingerprint density at radius 2 is 1.38 bits per heavy atom. The minimum atomic E-state index is -3.28. The highest BCUT2D eigenvalue weighted by Crippen LogP contribution is 2.40. The zero-order valence-electron chi connectivity index (χ0n) is 14.0. The molecule has 4 rings (SSSR count). The molecule has 2 aliphatic heterocycles. The third-order valence-corrected chi connectivity index (χ3v) is 9.07. The monoisotopic (exact) mass is 434 g/mol. The number of rotatable bonds is 4. The van der Waals surface area contributed by atoms with Crippen molar-refractivity contribution >= 4 is 31.8 Å². The topological polar surface area (TPSA) is 57.7 Å². The number of urea groups is 1. The molecule has 0 spiro atoms. The lowest BCUT2D eigenvalue weighted by molar-refractivity contribution is 0.181. The van der Waals surface area contributed by atoms with E-state index in [4.69, 9.17) is 0 Å². The van der Waals surface area contributed by atoms with Gasteiger partial charge in [-0.25, -0.2) is 13.2 Å². The summed E-state index contributed by atoms with van der Waals surface area (Å²) in [5.74, 6) is -0.00253. The molecular formula is C19H19BrN2O3S. The summed E-state index contributed by atoms with van der Waals surface area (Å²) in [5.41, 5.74) is 1.99. The lowest BCUT2D eigenvalue weighted by atomic mass is 10.1. The summed E-state index contributed by atoms with van der Waals surface area (Å²) in [7, 11) is -3.28. The van der Waals surface area contributed by atoms with Crippen LogP contribution in [0.25, 0.3) is 0 Å². The standard InChI is InChI=1S/C19H19BrN2O3S/c20-18-17-16(13-26(18,24)25)21(11-14-7-3-1-4-8-14)19(23)22(17)12-15-9-5-2-6-10-15/h1-10,16-18H,11-13H2/t16-,17+,18+/m0/s1. The molecule has 0 aliphatic carbocycles. The zero-order chi connectivity index (χ0) is 18.3. The van der Waals surface area contributed by atoms with Gasteiger partial charge in [0.1, 0.15) is 4.16 Å². The molecule has 136 valence electrons. The van der Waals surface area contributed by atoms with Gasteiger partial charge in [0.2, 0.25) is 0 Å². The van der Waals surface area contributed by atoms with Crippen molar-refractivity contribution in [3.8, 4) is 0 Å². The first-order valence-corrected chi connectivity index (χ1v) is 11.1. The van der Waals surface area contributed by atoms with Gasteiger partial charge in [-0.1, -0.05) is 76.6 Å². The summed E-state index contributed by atoms with van der Waals surface area (Å²) in [5, 5.41) is 0. The van der Waals surface area contributed by atoms with Crippen molar-refractivity contribution in [3.05, 3.63) is 71.8 Å². The van der Waals surface area contributed by atoms with E-state index in [1.165, 1.54) is 0 Å². The van der Waals surface area contributed by atoms with Crippen LogP contribution in [0.15, 0.2) is 60.7 Å². The normalized spacial score (nSPS) is 27.0. The average molecular weight is 435 g/mol. The molecule has 0 radical (unpaired) electrons. The van der Waals surface area contributed by atoms with Crippen LogP contribution in [0.2, 0.25) is 0 Å². The molecule has 5 nitrogen and oxygen atoms in total. The van der Waals surface area contributed by atoms with Gasteiger partial charge in [0.25, 0.3) is 0 Å². The highest BCUT2D eigenvalue weighted by molar-refractivity contribution is 9.11. The first kappa shape index (κ1) is 17.5. The largest absolute Gasteiger partial charge is 0.321 e. The Bertz CT molecular complexity index is 905. The molecule has 0 bridgehead atoms. The Hall–Kier alpha value is -1.86. The molecule has 0 aromatic heterocycles. The van der Waals surface area contributed by atoms with Gasteiger partial charge in [0.05, 0.1) is 17.8 Å². The number of sulfone groups is 1. The maximum Gasteiger partial charge on any atom is 0.321 e. The molecule has 26 heavy (non-hydrogen) atoms. The van der Waals surface area contributed by atoms with E-state index in [0.29, 0.717) is 13.1 Å². The predicted octanol–water partition coefficient (Wildman–Crippen LogP) is 3.01. The number of alkyl halides is 1. The van der Waals surface area contributed by atoms with E-state index in [1.54, 1.807) is 9.80 Å². The van der Waals surface area contributed by atoms with Crippen molar-refractivity contribution in [1.82, 2.24) is 9.80 Å². The third-order valence-electron chi connectivity index (χ3n) is 5.05. The van der Waals surface area contributed by atoms with Crippen LogP contribution in [0.3, 0.4) is 0 Å². The number of benzene rings is 2. The fourth-order valence-electron chi connectivity index (χ4n) is 3.79. The van der Waals surface area contributed by atoms with Gasteiger partial charge in [-0.3, -0.25) is 0 Å². The molecule has 2 aromatic carbocycles. The lowest BCUT2D eigenvalue weighted by Crippen LogP contribution is -2.39. The van der Waals surface area contributed by atoms with Gasteiger partial charge in [-0.15, -0.1) is 0 Å². The van der Waals surface area contributed by atoms with Crippen molar-refractivity contribution < 1.29 is 13.2 Å². The van der Waals surface area contributed by atoms with Crippen molar-refractivity contribution in [3.63, 3.8) is 0 Å². The Morgan fingerprint density at radius 1 is 0.885 bits per heavy atom. The van der Waals surface area contributed by atoms with Crippen LogP contribution in [0.4, 0.5) is 4.79 Å². The van der Waals surface area contributed by atoms with Gasteiger partial charge in [0.15, 0.2) is 9.84 Å². The Labute approximate surface area is 161 Å². The van der Waals surface area contributed by atoms with Gasteiger partial charge in [-0.05, 0) is 11.1 Å². The second kappa shape index (κ2) is 6.70. The fourth-order valence-corrected chi connectivity index (χ4v) is 6.68. The molecule has 0 saturated carbocycles. The van der Waals surface area contributed by atoms with Crippen LogP contribution in [0.1, 0.15) is 11.1 Å². The number of fused-ring (bicyclic) bond motifs is 1. The van der Waals surface area contributed by atoms with Crippen LogP contribution in [-0.2, 0) is 22.9 Å². The summed E-state index contributed by atoms with van der Waals surface area (Å²) < 4.78 is 24.2. The first-order valence-electron chi connectivity index (χ1n) is 8.48. The van der Waals surface area contributed by atoms with Crippen molar-refractivity contribution in [2.45, 2.75) is 29.3 Å². The van der Waals surface area contributed by atoms with Crippen LogP contribution in [-0.4, -0.2) is 46.2 Å². The molecule has 2 aromatic rings. The number of hydrogen-bond donors (Lipinski definition) is 0. The summed E-state index contributed by atoms with van der Waals surface area (Å²) in [6.07, 6.45) is 0. The molecule has 2 amide bonds. The minimum Gasteiger partial charge on any atom is -0.314 e. The van der Waals surface area contributed by atoms with Crippen LogP contribution >= 0.6 is 15.9 Å². The minimum absolute atomic E-state index is 0.00253. The maximum absolute atomic E-state index is 13.1. The van der Waals surface area contributed by atoms with Gasteiger partial charge < -0.3 is 9.80 Å². The maximum atomic E-state index is 13.1. The molecule has 7 heteroatoms. The Morgan fingerprint density at radius 3 is 1.92 bits per heavy atom. The number of amides is 2. The zero-order valence-corrected chi connectivity index (χ0v) is 16.4. The summed E-state index contributed by atoms with van der Waals surface area (Å²) in [6, 6.07) is 18.5. The quantitative estimate of drug-likeness (QED) is 0.548. The summed E-state index contributed by atoms with van der Waals surface area (Å²) in [4.78, 5) is 16.5. The Kier molecular flexibility index (Phi) is 4.52. The van der Waals surface area contributed by atoms with E-state index in [1.807, 2.05) is 60.7 Å². The molecule has 0 unspecified atom stereocenters. The molecule has 2 fully saturated rings. The SMILES string of the molecule is O=C1N(Cc2ccccc2)[C@@H]2[C@H](CS(=O)(=O)[C@H]2Br)N1Cc1ccccc1. The first-order chi connectivity index (χ1) is 12.5. The highest BCUT2D eigenvalue weighted by atomic mass is 79.9. The van der Waals surface area contributed by atoms with Crippen LogP contribution in [0, 0.1) is 0 Å². The van der Waals surface area contributed by atoms with E-state index in [-0.39, 0.29) is 23.9 Å². The molecule has 2 aliphatic rings. The average Bonchev–Trinajstić information content (AvgIpc) is 3.02.